The highest BCUT2D eigenvalue weighted by Crippen LogP contribution is 2.31. The van der Waals surface area contributed by atoms with Crippen LogP contribution in [0.5, 0.6) is 0 Å². The SMILES string of the molecule is [2H]C([2H])([2H])N1C([2H])([2H])c2c(n(C([2H])([2H])C([2H])([2H])c3ccc(C)nc3)c3ccc(C)cc23)C([2H])([2H])C1([2H])[2H]. The van der Waals surface area contributed by atoms with Crippen molar-refractivity contribution in [2.45, 2.75) is 39.6 Å². The Kier molecular flexibility index (Phi) is 1.68. The number of hydrogen-bond acceptors (Lipinski definition) is 2. The molecule has 0 unspecified atom stereocenters. The largest absolute Gasteiger partial charge is 0.344 e. The van der Waals surface area contributed by atoms with Gasteiger partial charge in [-0.3, -0.25) is 4.98 Å². The second kappa shape index (κ2) is 6.06. The lowest BCUT2D eigenvalue weighted by Gasteiger charge is -2.24. The Morgan fingerprint density at radius 1 is 1.29 bits per heavy atom. The summed E-state index contributed by atoms with van der Waals surface area (Å²) in [7, 11) is 0. The van der Waals surface area contributed by atoms with Crippen molar-refractivity contribution in [3.63, 3.8) is 0 Å². The molecular weight excluding hydrogens is 294 g/mol. The summed E-state index contributed by atoms with van der Waals surface area (Å²) in [4.78, 5) is 3.89. The van der Waals surface area contributed by atoms with E-state index in [9.17, 15) is 0 Å². The molecule has 1 aliphatic rings. The third kappa shape index (κ3) is 2.73. The van der Waals surface area contributed by atoms with Crippen LogP contribution in [0.3, 0.4) is 0 Å². The third-order valence-corrected chi connectivity index (χ3v) is 3.86. The summed E-state index contributed by atoms with van der Waals surface area (Å²) in [6.45, 7) is -9.79. The summed E-state index contributed by atoms with van der Waals surface area (Å²) in [6.07, 6.45) is -4.99. The number of hydrogen-bond donors (Lipinski definition) is 0. The fourth-order valence-electron chi connectivity index (χ4n) is 2.66. The van der Waals surface area contributed by atoms with E-state index in [0.29, 0.717) is 15.8 Å². The molecule has 3 nitrogen and oxygen atoms in total. The molecule has 0 amide bonds. The van der Waals surface area contributed by atoms with Gasteiger partial charge in [-0.05, 0) is 56.5 Å². The van der Waals surface area contributed by atoms with Gasteiger partial charge in [0.1, 0.15) is 0 Å². The molecule has 3 aromatic rings. The van der Waals surface area contributed by atoms with Crippen LogP contribution in [-0.2, 0) is 25.7 Å². The maximum atomic E-state index is 8.95. The predicted molar refractivity (Wildman–Crippen MR) is 99.4 cm³/mol. The van der Waals surface area contributed by atoms with E-state index >= 15 is 0 Å². The second-order valence-electron chi connectivity index (χ2n) is 5.69. The summed E-state index contributed by atoms with van der Waals surface area (Å²) in [5, 5.41) is -0.0460. The van der Waals surface area contributed by atoms with Crippen LogP contribution in [-0.4, -0.2) is 27.9 Å². The zero-order valence-corrected chi connectivity index (χ0v) is 13.3. The molecular formula is C21H25N3. The lowest BCUT2D eigenvalue weighted by Crippen LogP contribution is -2.27. The fourth-order valence-corrected chi connectivity index (χ4v) is 2.66. The quantitative estimate of drug-likeness (QED) is 0.726. The summed E-state index contributed by atoms with van der Waals surface area (Å²) in [5.74, 6) is 0. The zero-order valence-electron chi connectivity index (χ0n) is 26.3. The molecule has 0 atom stereocenters. The van der Waals surface area contributed by atoms with Crippen molar-refractivity contribution in [1.29, 1.82) is 0 Å². The molecule has 4 rings (SSSR count). The van der Waals surface area contributed by atoms with Gasteiger partial charge in [0, 0.05) is 69.4 Å². The Morgan fingerprint density at radius 2 is 2.21 bits per heavy atom. The number of benzene rings is 1. The molecule has 1 aromatic carbocycles. The Hall–Kier alpha value is -2.13. The number of fused-ring (bicyclic) bond motifs is 3. The van der Waals surface area contributed by atoms with E-state index in [2.05, 4.69) is 4.98 Å². The molecule has 0 bridgehead atoms. The standard InChI is InChI=1S/C21H25N3/c1-15-4-7-20-18(12-15)19-14-23(3)10-9-21(19)24(20)11-8-17-6-5-16(2)22-13-17/h4-7,12-13H,8-11,14H2,1-3H3/i3D3,8D2,9D2,10D2,11D2,14D2. The summed E-state index contributed by atoms with van der Waals surface area (Å²) in [5.41, 5.74) is -0.523. The van der Waals surface area contributed by atoms with E-state index in [1.807, 2.05) is 0 Å². The molecule has 2 aromatic heterocycles. The van der Waals surface area contributed by atoms with Gasteiger partial charge >= 0.3 is 0 Å². The maximum absolute atomic E-state index is 8.95. The lowest BCUT2D eigenvalue weighted by atomic mass is 10.0. The van der Waals surface area contributed by atoms with Gasteiger partial charge in [0.25, 0.3) is 0 Å². The number of aromatic nitrogens is 2. The van der Waals surface area contributed by atoms with E-state index < -0.39 is 50.5 Å². The molecule has 3 heteroatoms. The van der Waals surface area contributed by atoms with Crippen LogP contribution in [0.25, 0.3) is 10.9 Å². The number of rotatable bonds is 3. The minimum Gasteiger partial charge on any atom is -0.344 e. The summed E-state index contributed by atoms with van der Waals surface area (Å²) >= 11 is 0. The molecule has 0 aliphatic carbocycles. The number of aryl methyl sites for hydroxylation is 4. The molecule has 0 saturated carbocycles. The molecule has 0 radical (unpaired) electrons. The number of pyridine rings is 1. The molecule has 124 valence electrons. The van der Waals surface area contributed by atoms with E-state index in [4.69, 9.17) is 17.8 Å². The van der Waals surface area contributed by atoms with Crippen molar-refractivity contribution in [3.8, 4) is 0 Å². The van der Waals surface area contributed by atoms with E-state index in [1.165, 1.54) is 24.3 Å². The van der Waals surface area contributed by atoms with Crippen molar-refractivity contribution in [2.75, 3.05) is 13.5 Å². The van der Waals surface area contributed by atoms with Crippen LogP contribution >= 0.6 is 0 Å². The van der Waals surface area contributed by atoms with Crippen LogP contribution in [0.1, 0.15) is 45.9 Å². The Morgan fingerprint density at radius 3 is 3.00 bits per heavy atom. The minimum absolute atomic E-state index is 0.0460. The molecule has 1 aliphatic heterocycles. The van der Waals surface area contributed by atoms with E-state index in [-0.39, 0.29) is 21.4 Å². The highest BCUT2D eigenvalue weighted by Gasteiger charge is 2.22. The normalized spacial score (nSPS) is 31.0. The van der Waals surface area contributed by atoms with Gasteiger partial charge in [-0.1, -0.05) is 17.7 Å². The predicted octanol–water partition coefficient (Wildman–Crippen LogP) is 3.88. The molecule has 0 spiro atoms. The van der Waals surface area contributed by atoms with Gasteiger partial charge < -0.3 is 9.47 Å². The highest BCUT2D eigenvalue weighted by atomic mass is 15.1. The van der Waals surface area contributed by atoms with Crippen molar-refractivity contribution < 1.29 is 17.8 Å². The van der Waals surface area contributed by atoms with Crippen LogP contribution in [0, 0.1) is 13.8 Å². The fraction of sp³-hybridized carbons (Fsp3) is 0.381. The number of nitrogens with zero attached hydrogens (tertiary/aromatic N) is 3. The van der Waals surface area contributed by atoms with Crippen molar-refractivity contribution >= 4 is 10.9 Å². The third-order valence-electron chi connectivity index (χ3n) is 3.86. The molecule has 0 fully saturated rings. The van der Waals surface area contributed by atoms with Gasteiger partial charge in [0.05, 0.1) is 2.74 Å². The lowest BCUT2D eigenvalue weighted by molar-refractivity contribution is 0.309. The summed E-state index contributed by atoms with van der Waals surface area (Å²) < 4.78 is 111. The maximum Gasteiger partial charge on any atom is 0.0501 e. The first kappa shape index (κ1) is 6.64. The van der Waals surface area contributed by atoms with Crippen molar-refractivity contribution in [1.82, 2.24) is 14.5 Å². The van der Waals surface area contributed by atoms with Gasteiger partial charge in [-0.15, -0.1) is 0 Å². The average molecular weight is 333 g/mol. The molecule has 24 heavy (non-hydrogen) atoms. The average Bonchev–Trinajstić information content (AvgIpc) is 3.08. The highest BCUT2D eigenvalue weighted by molar-refractivity contribution is 5.86. The minimum atomic E-state index is -3.48. The molecule has 0 N–H and O–H groups in total. The van der Waals surface area contributed by atoms with E-state index in [1.54, 1.807) is 19.9 Å². The smallest absolute Gasteiger partial charge is 0.0501 e. The van der Waals surface area contributed by atoms with Gasteiger partial charge in [0.15, 0.2) is 0 Å². The Bertz CT molecular complexity index is 1370. The molecule has 0 saturated heterocycles. The van der Waals surface area contributed by atoms with Crippen molar-refractivity contribution in [2.24, 2.45) is 0 Å². The zero-order chi connectivity index (χ0) is 28.1. The van der Waals surface area contributed by atoms with Gasteiger partial charge in [-0.25, -0.2) is 0 Å². The summed E-state index contributed by atoms with van der Waals surface area (Å²) in [6, 6.07) is 7.17. The van der Waals surface area contributed by atoms with Crippen LogP contribution in [0.4, 0.5) is 0 Å². The topological polar surface area (TPSA) is 21.1 Å². The first-order valence-corrected chi connectivity index (χ1v) is 7.51. The van der Waals surface area contributed by atoms with E-state index in [0.717, 1.165) is 6.20 Å². The van der Waals surface area contributed by atoms with Gasteiger partial charge in [0.2, 0.25) is 0 Å². The van der Waals surface area contributed by atoms with Crippen molar-refractivity contribution in [3.05, 3.63) is 64.6 Å². The van der Waals surface area contributed by atoms with Crippen LogP contribution in [0.15, 0.2) is 36.5 Å². The Labute approximate surface area is 162 Å². The van der Waals surface area contributed by atoms with Gasteiger partial charge in [-0.2, -0.15) is 0 Å². The van der Waals surface area contributed by atoms with Crippen LogP contribution in [0.2, 0.25) is 0 Å². The monoisotopic (exact) mass is 332 g/mol. The first-order chi connectivity index (χ1) is 16.6. The van der Waals surface area contributed by atoms with Crippen LogP contribution < -0.4 is 0 Å². The second-order valence-corrected chi connectivity index (χ2v) is 5.69. The first-order valence-electron chi connectivity index (χ1n) is 14.0. The number of likely N-dealkylation sites (N-methyl/N-ethyl adjacent to an activating group) is 1. The Balaban J connectivity index is 2.19. The molecule has 3 heterocycles.